The molecule has 0 radical (unpaired) electrons. The predicted molar refractivity (Wildman–Crippen MR) is 368 cm³/mol. The van der Waals surface area contributed by atoms with Crippen LogP contribution in [0.2, 0.25) is 18.1 Å². The highest BCUT2D eigenvalue weighted by Gasteiger charge is 2.49. The highest BCUT2D eigenvalue weighted by Crippen LogP contribution is 2.40. The molecular formula is C68H128N12O12Si. The molecule has 1 saturated heterocycles. The second-order valence-corrected chi connectivity index (χ2v) is 35.2. The number of nitrogens with one attached hydrogen (secondary N) is 5. The van der Waals surface area contributed by atoms with Gasteiger partial charge >= 0.3 is 0 Å². The second-order valence-electron chi connectivity index (χ2n) is 30.4. The predicted octanol–water partition coefficient (Wildman–Crippen LogP) is 5.33. The molecule has 0 aromatic rings. The zero-order valence-corrected chi connectivity index (χ0v) is 63.9. The number of likely N-dealkylation sites (N-methyl/N-ethyl adjacent to an activating group) is 7. The average molecular weight is 1330 g/mol. The van der Waals surface area contributed by atoms with Gasteiger partial charge in [0.2, 0.25) is 65.0 Å². The normalized spacial score (nSPS) is 26.7. The Morgan fingerprint density at radius 1 is 0.452 bits per heavy atom. The highest BCUT2D eigenvalue weighted by atomic mass is 28.4. The fourth-order valence-electron chi connectivity index (χ4n) is 11.6. The van der Waals surface area contributed by atoms with Crippen LogP contribution < -0.4 is 26.6 Å². The number of hydrogen-bond acceptors (Lipinski definition) is 13. The first-order chi connectivity index (χ1) is 42.6. The Hall–Kier alpha value is -5.69. The first kappa shape index (κ1) is 85.3. The van der Waals surface area contributed by atoms with E-state index in [1.807, 2.05) is 69.4 Å². The molecule has 0 aliphatic carbocycles. The van der Waals surface area contributed by atoms with Crippen molar-refractivity contribution in [2.45, 2.75) is 268 Å². The molecule has 1 rings (SSSR count). The Labute approximate surface area is 561 Å². The van der Waals surface area contributed by atoms with Crippen molar-refractivity contribution < 1.29 is 57.2 Å². The Morgan fingerprint density at radius 2 is 0.849 bits per heavy atom. The van der Waals surface area contributed by atoms with Crippen LogP contribution in [0.5, 0.6) is 0 Å². The minimum Gasteiger partial charge on any atom is -0.411 e. The third-order valence-electron chi connectivity index (χ3n) is 18.9. The number of rotatable bonds is 18. The van der Waals surface area contributed by atoms with Crippen LogP contribution in [0.1, 0.15) is 177 Å². The van der Waals surface area contributed by atoms with E-state index >= 15 is 19.2 Å². The minimum absolute atomic E-state index is 0.0562. The molecule has 0 aromatic heterocycles. The van der Waals surface area contributed by atoms with Gasteiger partial charge in [-0.05, 0) is 132 Å². The Bertz CT molecular complexity index is 2540. The van der Waals surface area contributed by atoms with Crippen molar-refractivity contribution in [3.8, 4) is 0 Å². The largest absolute Gasteiger partial charge is 0.411 e. The zero-order chi connectivity index (χ0) is 72.6. The van der Waals surface area contributed by atoms with Gasteiger partial charge in [0.1, 0.15) is 66.5 Å². The lowest BCUT2D eigenvalue weighted by Gasteiger charge is -2.46. The van der Waals surface area contributed by atoms with Gasteiger partial charge in [-0.25, -0.2) is 0 Å². The molecular weight excluding hydrogens is 1200 g/mol. The average Bonchev–Trinajstić information content (AvgIpc) is 0.805. The van der Waals surface area contributed by atoms with Crippen LogP contribution in [0.3, 0.4) is 0 Å². The summed E-state index contributed by atoms with van der Waals surface area (Å²) in [4.78, 5) is 173. The van der Waals surface area contributed by atoms with Gasteiger partial charge in [-0.2, -0.15) is 0 Å². The van der Waals surface area contributed by atoms with Gasteiger partial charge in [0.15, 0.2) is 8.32 Å². The summed E-state index contributed by atoms with van der Waals surface area (Å²) in [6.07, 6.45) is 0.263. The van der Waals surface area contributed by atoms with E-state index in [9.17, 15) is 33.6 Å². The summed E-state index contributed by atoms with van der Waals surface area (Å²) in [7, 11) is 9.32. The van der Waals surface area contributed by atoms with Gasteiger partial charge in [0, 0.05) is 49.3 Å². The van der Waals surface area contributed by atoms with E-state index in [4.69, 9.17) is 4.43 Å². The summed E-state index contributed by atoms with van der Waals surface area (Å²) in [6, 6.07) is -13.3. The minimum atomic E-state index is -2.81. The maximum absolute atomic E-state index is 15.8. The molecule has 1 aliphatic rings. The summed E-state index contributed by atoms with van der Waals surface area (Å²) in [6.45, 7) is 41.1. The summed E-state index contributed by atoms with van der Waals surface area (Å²) in [5.41, 5.74) is 0. The number of hydrogen-bond donors (Lipinski definition) is 5. The van der Waals surface area contributed by atoms with Gasteiger partial charge < -0.3 is 65.3 Å². The van der Waals surface area contributed by atoms with Crippen molar-refractivity contribution >= 4 is 73.3 Å². The van der Waals surface area contributed by atoms with Crippen LogP contribution in [-0.2, 0) is 57.2 Å². The standard InChI is InChI=1S/C68H128N12O12Si/c1-31-48-63(87)74(22)47(17)62(86)75(23)50(35-39(4)5)59(83)73-53(42(10)11)66(90)76(24)49(34-38(2)3)58(82)70-45(15)57(81)71-46(16)61(85)77(25)51(36-40(6)7)64(88)78(26)52(37-41(8)9)65(89)79(27)54(43(12)13)67(91)80(28)55(60(84)72-48)56(44(14)32-33-69-21)92-93(29,30)68(18,19)20/h38-56,69H,31-37H2,1-30H3,(H,70,82)(H,71,81)(H,72,84)(H,73,83)/t44-,45-,46+,47-,48-,49-,50+,51-,52-,53-,54-,55-,56-/m1/s1. The lowest BCUT2D eigenvalue weighted by Crippen LogP contribution is -2.65. The van der Waals surface area contributed by atoms with Crippen LogP contribution in [0.15, 0.2) is 0 Å². The van der Waals surface area contributed by atoms with Crippen molar-refractivity contribution in [1.82, 2.24) is 60.9 Å². The molecule has 0 saturated carbocycles. The number of nitrogens with zero attached hydrogens (tertiary/aromatic N) is 7. The van der Waals surface area contributed by atoms with E-state index in [0.29, 0.717) is 13.0 Å². The highest BCUT2D eigenvalue weighted by molar-refractivity contribution is 6.74. The van der Waals surface area contributed by atoms with E-state index in [2.05, 4.69) is 60.4 Å². The summed E-state index contributed by atoms with van der Waals surface area (Å²) in [5, 5.41) is 14.2. The Kier molecular flexibility index (Phi) is 33.9. The summed E-state index contributed by atoms with van der Waals surface area (Å²) < 4.78 is 7.28. The third-order valence-corrected chi connectivity index (χ3v) is 23.4. The van der Waals surface area contributed by atoms with Crippen LogP contribution >= 0.6 is 0 Å². The lowest BCUT2D eigenvalue weighted by molar-refractivity contribution is -0.157. The van der Waals surface area contributed by atoms with Crippen molar-refractivity contribution in [3.63, 3.8) is 0 Å². The number of amides is 11. The van der Waals surface area contributed by atoms with Gasteiger partial charge in [0.25, 0.3) is 0 Å². The monoisotopic (exact) mass is 1330 g/mol. The molecule has 25 heteroatoms. The van der Waals surface area contributed by atoms with E-state index in [1.165, 1.54) is 104 Å². The summed E-state index contributed by atoms with van der Waals surface area (Å²) in [5.74, 6) is -8.99. The Balaban J connectivity index is 4.60. The molecule has 1 heterocycles. The molecule has 1 fully saturated rings. The van der Waals surface area contributed by atoms with Crippen LogP contribution in [0.4, 0.5) is 0 Å². The van der Waals surface area contributed by atoms with E-state index < -0.39 is 158 Å². The fraction of sp³-hybridized carbons (Fsp3) is 0.838. The maximum Gasteiger partial charge on any atom is 0.246 e. The molecule has 0 bridgehead atoms. The molecule has 11 amide bonds. The molecule has 0 aromatic carbocycles. The SMILES string of the molecule is CC[C@H]1NC(=O)[C@@H]([C@H](O[Si](C)(C)C(C)(C)C)[C@H](C)CCNC)N(C)C(=O)[C@@H](C(C)C)N(C)C(=O)[C@@H](CC(C)C)N(C)C(=O)[C@@H](CC(C)C)N(C)C(=O)[C@H](C)NC(=O)[C@@H](C)NC(=O)[C@@H](CC(C)C)N(C)C(=O)[C@@H](C(C)C)NC(=O)[C@H](CC(C)C)N(C)C(=O)[C@@H](C)N(C)C1=O. The molecule has 24 nitrogen and oxygen atoms in total. The zero-order valence-electron chi connectivity index (χ0n) is 62.9. The van der Waals surface area contributed by atoms with Crippen molar-refractivity contribution in [3.05, 3.63) is 0 Å². The lowest BCUT2D eigenvalue weighted by atomic mass is 9.91. The van der Waals surface area contributed by atoms with E-state index in [-0.39, 0.29) is 66.7 Å². The number of carbonyl (C=O) groups excluding carboxylic acids is 11. The molecule has 0 unspecified atom stereocenters. The van der Waals surface area contributed by atoms with Gasteiger partial charge in [-0.1, -0.05) is 118 Å². The Morgan fingerprint density at radius 3 is 1.27 bits per heavy atom. The van der Waals surface area contributed by atoms with E-state index in [1.54, 1.807) is 34.6 Å². The number of carbonyl (C=O) groups is 11. The van der Waals surface area contributed by atoms with Crippen molar-refractivity contribution in [1.29, 1.82) is 0 Å². The molecule has 93 heavy (non-hydrogen) atoms. The molecule has 13 atom stereocenters. The van der Waals surface area contributed by atoms with Crippen LogP contribution in [0, 0.1) is 41.4 Å². The van der Waals surface area contributed by atoms with Crippen molar-refractivity contribution in [2.24, 2.45) is 41.4 Å². The van der Waals surface area contributed by atoms with Gasteiger partial charge in [-0.15, -0.1) is 0 Å². The quantitative estimate of drug-likeness (QED) is 0.109. The second kappa shape index (κ2) is 37.0. The maximum atomic E-state index is 15.8. The van der Waals surface area contributed by atoms with E-state index in [0.717, 1.165) is 0 Å². The molecule has 5 N–H and O–H groups in total. The van der Waals surface area contributed by atoms with Crippen molar-refractivity contribution in [2.75, 3.05) is 62.9 Å². The molecule has 536 valence electrons. The fourth-order valence-corrected chi connectivity index (χ4v) is 13.0. The van der Waals surface area contributed by atoms with Crippen LogP contribution in [-0.4, -0.2) is 243 Å². The van der Waals surface area contributed by atoms with Gasteiger partial charge in [0.05, 0.1) is 6.10 Å². The third kappa shape index (κ3) is 23.3. The van der Waals surface area contributed by atoms with Crippen LogP contribution in [0.25, 0.3) is 0 Å². The smallest absolute Gasteiger partial charge is 0.246 e. The first-order valence-corrected chi connectivity index (χ1v) is 36.9. The first-order valence-electron chi connectivity index (χ1n) is 34.0. The molecule has 1 aliphatic heterocycles. The van der Waals surface area contributed by atoms with Gasteiger partial charge in [-0.3, -0.25) is 52.7 Å². The summed E-state index contributed by atoms with van der Waals surface area (Å²) >= 11 is 0. The topological polar surface area (TPSA) is 280 Å². The molecule has 0 spiro atoms.